The normalized spacial score (nSPS) is 10.2. The van der Waals surface area contributed by atoms with Crippen LogP contribution in [0, 0.1) is 13.8 Å². The van der Waals surface area contributed by atoms with Crippen molar-refractivity contribution in [1.29, 1.82) is 0 Å². The van der Waals surface area contributed by atoms with Gasteiger partial charge in [-0.3, -0.25) is 9.59 Å². The van der Waals surface area contributed by atoms with E-state index >= 15 is 0 Å². The van der Waals surface area contributed by atoms with E-state index < -0.39 is 0 Å². The van der Waals surface area contributed by atoms with Crippen LogP contribution in [0.15, 0.2) is 29.8 Å². The van der Waals surface area contributed by atoms with Crippen molar-refractivity contribution < 1.29 is 9.59 Å². The standard InChI is InChI=1S/C15H17N3O2S/c1-10-3-4-12(17-9-10)18-13(19)5-7-16-15(20)14-11(2)6-8-21-14/h3-4,6,8-9H,5,7H2,1-2H3,(H,16,20)(H,17,18,19). The fourth-order valence-electron chi connectivity index (χ4n) is 1.72. The van der Waals surface area contributed by atoms with Gasteiger partial charge in [-0.2, -0.15) is 0 Å². The molecule has 2 heterocycles. The van der Waals surface area contributed by atoms with Gasteiger partial charge in [0.1, 0.15) is 5.82 Å². The first-order valence-corrected chi connectivity index (χ1v) is 7.49. The summed E-state index contributed by atoms with van der Waals surface area (Å²) < 4.78 is 0. The molecule has 110 valence electrons. The molecule has 2 aromatic heterocycles. The molecule has 2 amide bonds. The molecule has 0 unspecified atom stereocenters. The Hall–Kier alpha value is -2.21. The van der Waals surface area contributed by atoms with Crippen LogP contribution in [0.4, 0.5) is 5.82 Å². The average molecular weight is 303 g/mol. The van der Waals surface area contributed by atoms with Gasteiger partial charge >= 0.3 is 0 Å². The van der Waals surface area contributed by atoms with Crippen molar-refractivity contribution in [2.75, 3.05) is 11.9 Å². The third kappa shape index (κ3) is 4.39. The van der Waals surface area contributed by atoms with Crippen molar-refractivity contribution in [3.05, 3.63) is 45.8 Å². The molecular formula is C15H17N3O2S. The topological polar surface area (TPSA) is 71.1 Å². The first-order valence-electron chi connectivity index (χ1n) is 6.61. The fraction of sp³-hybridized carbons (Fsp3) is 0.267. The Kier molecular flexibility index (Phi) is 5.05. The molecule has 21 heavy (non-hydrogen) atoms. The van der Waals surface area contributed by atoms with Gasteiger partial charge in [-0.1, -0.05) is 6.07 Å². The summed E-state index contributed by atoms with van der Waals surface area (Å²) in [6.07, 6.45) is 1.91. The van der Waals surface area contributed by atoms with Gasteiger partial charge in [-0.15, -0.1) is 11.3 Å². The molecule has 0 aromatic carbocycles. The van der Waals surface area contributed by atoms with Crippen LogP contribution in [0.3, 0.4) is 0 Å². The van der Waals surface area contributed by atoms with E-state index in [2.05, 4.69) is 15.6 Å². The lowest BCUT2D eigenvalue weighted by Gasteiger charge is -2.06. The van der Waals surface area contributed by atoms with E-state index in [1.54, 1.807) is 12.3 Å². The Bertz CT molecular complexity index is 635. The monoisotopic (exact) mass is 303 g/mol. The minimum atomic E-state index is -0.172. The van der Waals surface area contributed by atoms with Crippen LogP contribution < -0.4 is 10.6 Å². The molecule has 0 fully saturated rings. The smallest absolute Gasteiger partial charge is 0.261 e. The molecule has 0 atom stereocenters. The minimum Gasteiger partial charge on any atom is -0.351 e. The van der Waals surface area contributed by atoms with Crippen molar-refractivity contribution in [3.63, 3.8) is 0 Å². The Morgan fingerprint density at radius 1 is 1.24 bits per heavy atom. The van der Waals surface area contributed by atoms with E-state index in [0.717, 1.165) is 11.1 Å². The van der Waals surface area contributed by atoms with Gasteiger partial charge in [0, 0.05) is 19.2 Å². The van der Waals surface area contributed by atoms with Gasteiger partial charge in [0.25, 0.3) is 5.91 Å². The van der Waals surface area contributed by atoms with E-state index in [-0.39, 0.29) is 18.2 Å². The summed E-state index contributed by atoms with van der Waals surface area (Å²) in [4.78, 5) is 28.4. The van der Waals surface area contributed by atoms with E-state index in [1.165, 1.54) is 11.3 Å². The van der Waals surface area contributed by atoms with E-state index in [9.17, 15) is 9.59 Å². The molecule has 0 radical (unpaired) electrons. The molecule has 0 saturated heterocycles. The van der Waals surface area contributed by atoms with Gasteiger partial charge in [0.2, 0.25) is 5.91 Å². The molecule has 6 heteroatoms. The Morgan fingerprint density at radius 2 is 2.05 bits per heavy atom. The van der Waals surface area contributed by atoms with Crippen LogP contribution in [-0.4, -0.2) is 23.3 Å². The van der Waals surface area contributed by atoms with Crippen molar-refractivity contribution in [2.24, 2.45) is 0 Å². The summed E-state index contributed by atoms with van der Waals surface area (Å²) in [7, 11) is 0. The lowest BCUT2D eigenvalue weighted by Crippen LogP contribution is -2.27. The Balaban J connectivity index is 1.76. The summed E-state index contributed by atoms with van der Waals surface area (Å²) in [6.45, 7) is 4.12. The number of thiophene rings is 1. The number of pyridine rings is 1. The van der Waals surface area contributed by atoms with Gasteiger partial charge in [0.05, 0.1) is 4.88 Å². The highest BCUT2D eigenvalue weighted by atomic mass is 32.1. The van der Waals surface area contributed by atoms with E-state index in [4.69, 9.17) is 0 Å². The largest absolute Gasteiger partial charge is 0.351 e. The maximum Gasteiger partial charge on any atom is 0.261 e. The zero-order valence-electron chi connectivity index (χ0n) is 12.0. The number of amides is 2. The van der Waals surface area contributed by atoms with Crippen LogP contribution in [0.25, 0.3) is 0 Å². The molecular weight excluding hydrogens is 286 g/mol. The van der Waals surface area contributed by atoms with Crippen molar-refractivity contribution in [1.82, 2.24) is 10.3 Å². The lowest BCUT2D eigenvalue weighted by atomic mass is 10.3. The SMILES string of the molecule is Cc1ccc(NC(=O)CCNC(=O)c2sccc2C)nc1. The predicted molar refractivity (Wildman–Crippen MR) is 83.6 cm³/mol. The maximum absolute atomic E-state index is 11.9. The summed E-state index contributed by atoms with van der Waals surface area (Å²) in [5, 5.41) is 7.31. The first-order chi connectivity index (χ1) is 10.1. The van der Waals surface area contributed by atoms with Crippen LogP contribution in [0.1, 0.15) is 27.2 Å². The number of anilines is 1. The number of nitrogens with zero attached hydrogens (tertiary/aromatic N) is 1. The highest BCUT2D eigenvalue weighted by Gasteiger charge is 2.10. The molecule has 2 N–H and O–H groups in total. The molecule has 0 aliphatic heterocycles. The molecule has 2 aromatic rings. The zero-order valence-corrected chi connectivity index (χ0v) is 12.8. The number of carbonyl (C=O) groups is 2. The third-order valence-electron chi connectivity index (χ3n) is 2.88. The number of hydrogen-bond donors (Lipinski definition) is 2. The Labute approximate surface area is 127 Å². The summed E-state index contributed by atoms with van der Waals surface area (Å²) in [5.74, 6) is 0.212. The maximum atomic E-state index is 11.9. The van der Waals surface area contributed by atoms with Crippen molar-refractivity contribution in [3.8, 4) is 0 Å². The van der Waals surface area contributed by atoms with Crippen LogP contribution in [0.5, 0.6) is 0 Å². The number of aromatic nitrogens is 1. The van der Waals surface area contributed by atoms with Gasteiger partial charge in [-0.25, -0.2) is 4.98 Å². The molecule has 2 rings (SSSR count). The first kappa shape index (κ1) is 15.2. The summed E-state index contributed by atoms with van der Waals surface area (Å²) >= 11 is 1.40. The molecule has 5 nitrogen and oxygen atoms in total. The van der Waals surface area contributed by atoms with Crippen molar-refractivity contribution >= 4 is 29.0 Å². The minimum absolute atomic E-state index is 0.135. The predicted octanol–water partition coefficient (Wildman–Crippen LogP) is 2.52. The summed E-state index contributed by atoms with van der Waals surface area (Å²) in [6, 6.07) is 5.53. The van der Waals surface area contributed by atoms with E-state index in [0.29, 0.717) is 17.2 Å². The average Bonchev–Trinajstić information content (AvgIpc) is 2.87. The second-order valence-corrected chi connectivity index (χ2v) is 5.62. The number of carbonyl (C=O) groups excluding carboxylic acids is 2. The van der Waals surface area contributed by atoms with Crippen LogP contribution in [-0.2, 0) is 4.79 Å². The van der Waals surface area contributed by atoms with Crippen molar-refractivity contribution in [2.45, 2.75) is 20.3 Å². The number of nitrogens with one attached hydrogen (secondary N) is 2. The molecule has 0 aliphatic rings. The van der Waals surface area contributed by atoms with Gasteiger partial charge in [-0.05, 0) is 42.5 Å². The van der Waals surface area contributed by atoms with Gasteiger partial charge < -0.3 is 10.6 Å². The Morgan fingerprint density at radius 3 is 2.67 bits per heavy atom. The molecule has 0 aliphatic carbocycles. The van der Waals surface area contributed by atoms with Crippen LogP contribution >= 0.6 is 11.3 Å². The number of hydrogen-bond acceptors (Lipinski definition) is 4. The second kappa shape index (κ2) is 6.99. The highest BCUT2D eigenvalue weighted by molar-refractivity contribution is 7.12. The molecule has 0 saturated carbocycles. The number of aryl methyl sites for hydroxylation is 2. The molecule has 0 spiro atoms. The second-order valence-electron chi connectivity index (χ2n) is 4.71. The quantitative estimate of drug-likeness (QED) is 0.891. The highest BCUT2D eigenvalue weighted by Crippen LogP contribution is 2.14. The lowest BCUT2D eigenvalue weighted by molar-refractivity contribution is -0.116. The zero-order chi connectivity index (χ0) is 15.2. The fourth-order valence-corrected chi connectivity index (χ4v) is 2.56. The molecule has 0 bridgehead atoms. The third-order valence-corrected chi connectivity index (χ3v) is 3.90. The van der Waals surface area contributed by atoms with Crippen LogP contribution in [0.2, 0.25) is 0 Å². The van der Waals surface area contributed by atoms with Gasteiger partial charge in [0.15, 0.2) is 0 Å². The van der Waals surface area contributed by atoms with E-state index in [1.807, 2.05) is 31.4 Å². The summed E-state index contributed by atoms with van der Waals surface area (Å²) in [5.41, 5.74) is 1.98. The number of rotatable bonds is 5.